The predicted octanol–water partition coefficient (Wildman–Crippen LogP) is 5.11. The molecule has 0 heterocycles. The summed E-state index contributed by atoms with van der Waals surface area (Å²) < 4.78 is 5.34. The van der Waals surface area contributed by atoms with Gasteiger partial charge in [0.1, 0.15) is 17.7 Å². The van der Waals surface area contributed by atoms with E-state index in [0.29, 0.717) is 29.8 Å². The van der Waals surface area contributed by atoms with Gasteiger partial charge in [-0.25, -0.2) is 4.79 Å². The Kier molecular flexibility index (Phi) is 11.1. The average Bonchev–Trinajstić information content (AvgIpc) is 2.85. The van der Waals surface area contributed by atoms with E-state index in [0.717, 1.165) is 12.0 Å². The van der Waals surface area contributed by atoms with Crippen LogP contribution in [0, 0.1) is 19.3 Å². The van der Waals surface area contributed by atoms with Crippen molar-refractivity contribution < 1.29 is 19.1 Å². The van der Waals surface area contributed by atoms with Crippen LogP contribution in [-0.4, -0.2) is 46.7 Å². The Balaban J connectivity index is 2.49. The molecule has 198 valence electrons. The zero-order valence-corrected chi connectivity index (χ0v) is 23.1. The molecule has 2 N–H and O–H groups in total. The number of anilines is 1. The molecule has 0 bridgehead atoms. The average molecular weight is 524 g/mol. The second kappa shape index (κ2) is 13.8. The van der Waals surface area contributed by atoms with Crippen LogP contribution in [-0.2, 0) is 14.3 Å². The number of alkyl carbamates (subject to hydrolysis) is 1. The van der Waals surface area contributed by atoms with Gasteiger partial charge in [0.15, 0.2) is 0 Å². The van der Waals surface area contributed by atoms with Crippen LogP contribution in [0.25, 0.3) is 0 Å². The number of carbonyl (C=O) groups excluding carboxylic acids is 3. The molecular weight excluding hydrogens is 486 g/mol. The lowest BCUT2D eigenvalue weighted by molar-refractivity contribution is -0.140. The first-order valence-corrected chi connectivity index (χ1v) is 13.0. The van der Waals surface area contributed by atoms with Gasteiger partial charge in [-0.15, -0.1) is 6.42 Å². The quantitative estimate of drug-likeness (QED) is 0.298. The minimum atomic E-state index is -0.992. The van der Waals surface area contributed by atoms with Crippen molar-refractivity contribution in [2.45, 2.75) is 65.1 Å². The van der Waals surface area contributed by atoms with Crippen molar-refractivity contribution in [2.24, 2.45) is 0 Å². The number of aryl methyl sites for hydroxylation is 1. The maximum Gasteiger partial charge on any atom is 0.408 e. The van der Waals surface area contributed by atoms with Gasteiger partial charge in [0, 0.05) is 23.5 Å². The predicted molar refractivity (Wildman–Crippen MR) is 151 cm³/mol. The summed E-state index contributed by atoms with van der Waals surface area (Å²) in [4.78, 5) is 41.6. The number of thiol groups is 1. The van der Waals surface area contributed by atoms with Crippen LogP contribution < -0.4 is 10.6 Å². The molecule has 2 unspecified atom stereocenters. The second-order valence-corrected chi connectivity index (χ2v) is 10.1. The van der Waals surface area contributed by atoms with Crippen molar-refractivity contribution in [3.8, 4) is 12.3 Å². The van der Waals surface area contributed by atoms with Gasteiger partial charge >= 0.3 is 6.09 Å². The number of hydrogen-bond acceptors (Lipinski definition) is 5. The van der Waals surface area contributed by atoms with E-state index in [1.54, 1.807) is 45.0 Å². The number of benzene rings is 2. The monoisotopic (exact) mass is 523 g/mol. The number of unbranched alkanes of at least 4 members (excludes halogenated alkanes) is 1. The second-order valence-electron chi connectivity index (χ2n) is 9.74. The maximum atomic E-state index is 13.8. The number of terminal acetylenes is 1. The van der Waals surface area contributed by atoms with Gasteiger partial charge < -0.3 is 20.3 Å². The largest absolute Gasteiger partial charge is 0.444 e. The Morgan fingerprint density at radius 3 is 2.30 bits per heavy atom. The minimum Gasteiger partial charge on any atom is -0.444 e. The molecule has 7 nitrogen and oxygen atoms in total. The van der Waals surface area contributed by atoms with E-state index in [-0.39, 0.29) is 11.7 Å². The zero-order chi connectivity index (χ0) is 27.6. The van der Waals surface area contributed by atoms with Crippen LogP contribution in [0.3, 0.4) is 0 Å². The van der Waals surface area contributed by atoms with Gasteiger partial charge in [0.2, 0.25) is 5.91 Å². The molecule has 2 atom stereocenters. The van der Waals surface area contributed by atoms with E-state index >= 15 is 0 Å². The highest BCUT2D eigenvalue weighted by Gasteiger charge is 2.35. The molecule has 0 aliphatic heterocycles. The third-order valence-corrected chi connectivity index (χ3v) is 5.93. The van der Waals surface area contributed by atoms with Gasteiger partial charge in [0.05, 0.1) is 0 Å². The standard InChI is InChI=1S/C29H37N3O4S/c1-7-9-18-32(27(34)24(19-37)31-28(35)36-29(4,5)6)25(22-16-14-21(8-2)15-17-22)26(33)30-23-13-11-10-12-20(23)3/h2,10-17,24-25,37H,7,9,18-19H2,1,3-6H3,(H,30,33)(H,31,35). The highest BCUT2D eigenvalue weighted by atomic mass is 32.1. The smallest absolute Gasteiger partial charge is 0.408 e. The molecule has 2 rings (SSSR count). The summed E-state index contributed by atoms with van der Waals surface area (Å²) in [5, 5.41) is 5.59. The molecular formula is C29H37N3O4S. The fourth-order valence-electron chi connectivity index (χ4n) is 3.68. The summed E-state index contributed by atoms with van der Waals surface area (Å²) in [7, 11) is 0. The minimum absolute atomic E-state index is 0.0306. The third kappa shape index (κ3) is 8.87. The topological polar surface area (TPSA) is 87.7 Å². The van der Waals surface area contributed by atoms with Crippen molar-refractivity contribution in [3.05, 3.63) is 65.2 Å². The number of rotatable bonds is 10. The Labute approximate surface area is 225 Å². The first-order chi connectivity index (χ1) is 17.5. The summed E-state index contributed by atoms with van der Waals surface area (Å²) in [6.07, 6.45) is 6.26. The van der Waals surface area contributed by atoms with Gasteiger partial charge in [-0.1, -0.05) is 49.6 Å². The van der Waals surface area contributed by atoms with Gasteiger partial charge in [-0.2, -0.15) is 12.6 Å². The van der Waals surface area contributed by atoms with Crippen molar-refractivity contribution in [1.29, 1.82) is 0 Å². The lowest BCUT2D eigenvalue weighted by atomic mass is 10.0. The third-order valence-electron chi connectivity index (χ3n) is 5.56. The first-order valence-electron chi connectivity index (χ1n) is 12.3. The molecule has 2 aromatic rings. The van der Waals surface area contributed by atoms with E-state index in [2.05, 4.69) is 29.2 Å². The van der Waals surface area contributed by atoms with E-state index < -0.39 is 29.7 Å². The first kappa shape index (κ1) is 29.8. The molecule has 0 radical (unpaired) electrons. The van der Waals surface area contributed by atoms with Gasteiger partial charge in [0.25, 0.3) is 5.91 Å². The summed E-state index contributed by atoms with van der Waals surface area (Å²) in [6.45, 7) is 9.42. The molecule has 0 aromatic heterocycles. The lowest BCUT2D eigenvalue weighted by Crippen LogP contribution is -2.53. The SMILES string of the molecule is C#Cc1ccc(C(C(=O)Nc2ccccc2C)N(CCCC)C(=O)C(CS)NC(=O)OC(C)(C)C)cc1. The Bertz CT molecular complexity index is 1120. The summed E-state index contributed by atoms with van der Waals surface area (Å²) in [5.74, 6) is 1.80. The molecule has 0 spiro atoms. The van der Waals surface area contributed by atoms with Crippen molar-refractivity contribution in [3.63, 3.8) is 0 Å². The van der Waals surface area contributed by atoms with Crippen LogP contribution in [0.5, 0.6) is 0 Å². The number of carbonyl (C=O) groups is 3. The molecule has 0 saturated carbocycles. The van der Waals surface area contributed by atoms with E-state index in [4.69, 9.17) is 11.2 Å². The maximum absolute atomic E-state index is 13.8. The number of amides is 3. The number of ether oxygens (including phenoxy) is 1. The fraction of sp³-hybridized carbons (Fsp3) is 0.414. The molecule has 0 saturated heterocycles. The van der Waals surface area contributed by atoms with Gasteiger partial charge in [-0.3, -0.25) is 9.59 Å². The summed E-state index contributed by atoms with van der Waals surface area (Å²) in [5.41, 5.74) is 2.07. The van der Waals surface area contributed by atoms with Crippen molar-refractivity contribution in [1.82, 2.24) is 10.2 Å². The van der Waals surface area contributed by atoms with Crippen LogP contribution >= 0.6 is 12.6 Å². The normalized spacial score (nSPS) is 12.6. The molecule has 37 heavy (non-hydrogen) atoms. The van der Waals surface area contributed by atoms with Crippen LogP contribution in [0.4, 0.5) is 10.5 Å². The molecule has 8 heteroatoms. The van der Waals surface area contributed by atoms with Crippen LogP contribution in [0.1, 0.15) is 63.3 Å². The Hall–Kier alpha value is -3.44. The number of nitrogens with one attached hydrogen (secondary N) is 2. The summed E-state index contributed by atoms with van der Waals surface area (Å²) in [6, 6.07) is 12.4. The molecule has 0 aliphatic rings. The van der Waals surface area contributed by atoms with E-state index in [1.165, 1.54) is 4.90 Å². The van der Waals surface area contributed by atoms with E-state index in [9.17, 15) is 14.4 Å². The van der Waals surface area contributed by atoms with E-state index in [1.807, 2.05) is 38.1 Å². The molecule has 0 aliphatic carbocycles. The lowest BCUT2D eigenvalue weighted by Gasteiger charge is -2.34. The molecule has 2 aromatic carbocycles. The number of nitrogens with zero attached hydrogens (tertiary/aromatic N) is 1. The van der Waals surface area contributed by atoms with Crippen molar-refractivity contribution >= 4 is 36.2 Å². The zero-order valence-electron chi connectivity index (χ0n) is 22.2. The van der Waals surface area contributed by atoms with Crippen LogP contribution in [0.2, 0.25) is 0 Å². The highest BCUT2D eigenvalue weighted by molar-refractivity contribution is 7.80. The number of hydrogen-bond donors (Lipinski definition) is 3. The fourth-order valence-corrected chi connectivity index (χ4v) is 3.93. The molecule has 3 amide bonds. The highest BCUT2D eigenvalue weighted by Crippen LogP contribution is 2.26. The van der Waals surface area contributed by atoms with Crippen LogP contribution in [0.15, 0.2) is 48.5 Å². The van der Waals surface area contributed by atoms with Gasteiger partial charge in [-0.05, 0) is 63.4 Å². The molecule has 0 fully saturated rings. The Morgan fingerprint density at radius 2 is 1.76 bits per heavy atom. The Morgan fingerprint density at radius 1 is 1.11 bits per heavy atom. The van der Waals surface area contributed by atoms with Crippen molar-refractivity contribution in [2.75, 3.05) is 17.6 Å². The summed E-state index contributed by atoms with van der Waals surface area (Å²) >= 11 is 4.31. The number of para-hydroxylation sites is 1.